The van der Waals surface area contributed by atoms with Gasteiger partial charge in [-0.15, -0.1) is 11.8 Å². The van der Waals surface area contributed by atoms with E-state index in [4.69, 9.17) is 4.99 Å². The molecule has 0 fully saturated rings. The zero-order chi connectivity index (χ0) is 14.4. The number of fused-ring (bicyclic) bond motifs is 1. The van der Waals surface area contributed by atoms with Crippen molar-refractivity contribution in [2.45, 2.75) is 31.6 Å². The summed E-state index contributed by atoms with van der Waals surface area (Å²) in [5.41, 5.74) is 5.13. The average Bonchev–Trinajstić information content (AvgIpc) is 2.95. The number of rotatable bonds is 1. The number of hydrogen-bond donors (Lipinski definition) is 0. The van der Waals surface area contributed by atoms with Crippen LogP contribution in [0.15, 0.2) is 45.4 Å². The van der Waals surface area contributed by atoms with Crippen molar-refractivity contribution in [3.05, 3.63) is 55.4 Å². The normalized spacial score (nSPS) is 24.4. The van der Waals surface area contributed by atoms with Gasteiger partial charge in [0.25, 0.3) is 0 Å². The Morgan fingerprint density at radius 1 is 1.29 bits per heavy atom. The van der Waals surface area contributed by atoms with Crippen molar-refractivity contribution >= 4 is 40.1 Å². The molecule has 0 bridgehead atoms. The lowest BCUT2D eigenvalue weighted by atomic mass is 9.80. The van der Waals surface area contributed by atoms with E-state index in [-0.39, 0.29) is 11.7 Å². The topological polar surface area (TPSA) is 12.4 Å². The van der Waals surface area contributed by atoms with Gasteiger partial charge in [0.05, 0.1) is 5.70 Å². The van der Waals surface area contributed by atoms with E-state index in [1.165, 1.54) is 33.9 Å². The van der Waals surface area contributed by atoms with E-state index < -0.39 is 0 Å². The summed E-state index contributed by atoms with van der Waals surface area (Å²) < 4.78 is 14.3. The highest BCUT2D eigenvalue weighted by Crippen LogP contribution is 2.50. The largest absolute Gasteiger partial charge is 0.257 e. The second kappa shape index (κ2) is 5.54. The van der Waals surface area contributed by atoms with E-state index in [0.29, 0.717) is 3.57 Å². The lowest BCUT2D eigenvalue weighted by Gasteiger charge is -2.30. The van der Waals surface area contributed by atoms with Gasteiger partial charge in [-0.3, -0.25) is 4.99 Å². The first kappa shape index (κ1) is 14.0. The van der Waals surface area contributed by atoms with Crippen molar-refractivity contribution in [1.82, 2.24) is 0 Å². The van der Waals surface area contributed by atoms with Gasteiger partial charge >= 0.3 is 0 Å². The van der Waals surface area contributed by atoms with Crippen LogP contribution in [0.3, 0.4) is 0 Å². The summed E-state index contributed by atoms with van der Waals surface area (Å²) in [6.07, 6.45) is 6.85. The minimum Gasteiger partial charge on any atom is -0.257 e. The van der Waals surface area contributed by atoms with Crippen LogP contribution in [0.25, 0.3) is 0 Å². The molecule has 0 saturated carbocycles. The van der Waals surface area contributed by atoms with Crippen molar-refractivity contribution in [1.29, 1.82) is 0 Å². The van der Waals surface area contributed by atoms with Crippen LogP contribution in [-0.4, -0.2) is 11.5 Å². The summed E-state index contributed by atoms with van der Waals surface area (Å²) in [4.78, 5) is 6.31. The third-order valence-corrected chi connectivity index (χ3v) is 6.33. The lowest BCUT2D eigenvalue weighted by Crippen LogP contribution is -2.20. The van der Waals surface area contributed by atoms with Crippen LogP contribution in [0.2, 0.25) is 0 Å². The summed E-state index contributed by atoms with van der Waals surface area (Å²) in [5.74, 6) is 1.29. The van der Waals surface area contributed by atoms with Crippen LogP contribution in [0, 0.1) is 9.39 Å². The van der Waals surface area contributed by atoms with Gasteiger partial charge in [-0.05, 0) is 71.5 Å². The fourth-order valence-corrected chi connectivity index (χ4v) is 5.14. The first-order chi connectivity index (χ1) is 10.2. The predicted molar refractivity (Wildman–Crippen MR) is 95.3 cm³/mol. The minimum absolute atomic E-state index is 0.130. The van der Waals surface area contributed by atoms with E-state index in [9.17, 15) is 4.39 Å². The average molecular weight is 411 g/mol. The van der Waals surface area contributed by atoms with Crippen LogP contribution < -0.4 is 0 Å². The molecule has 1 aromatic rings. The molecule has 2 aliphatic heterocycles. The summed E-state index contributed by atoms with van der Waals surface area (Å²) in [5, 5.41) is 0. The number of allylic oxidation sites excluding steroid dienone is 4. The van der Waals surface area contributed by atoms with E-state index in [2.05, 4.69) is 28.7 Å². The second-order valence-corrected chi connectivity index (χ2v) is 7.93. The Labute approximate surface area is 141 Å². The highest BCUT2D eigenvalue weighted by molar-refractivity contribution is 14.1. The van der Waals surface area contributed by atoms with Gasteiger partial charge in [0.15, 0.2) is 0 Å². The Morgan fingerprint density at radius 2 is 2.19 bits per heavy atom. The lowest BCUT2D eigenvalue weighted by molar-refractivity contribution is 0.619. The fourth-order valence-electron chi connectivity index (χ4n) is 3.35. The molecule has 4 heteroatoms. The molecule has 21 heavy (non-hydrogen) atoms. The molecule has 0 amide bonds. The number of hydrogen-bond acceptors (Lipinski definition) is 2. The summed E-state index contributed by atoms with van der Waals surface area (Å²) in [7, 11) is 0. The van der Waals surface area contributed by atoms with Gasteiger partial charge in [0, 0.05) is 25.9 Å². The van der Waals surface area contributed by atoms with Gasteiger partial charge in [0.2, 0.25) is 0 Å². The number of thioether (sulfide) groups is 1. The summed E-state index contributed by atoms with van der Waals surface area (Å²) in [6.45, 7) is 0. The Hall–Kier alpha value is -0.620. The molecular weight excluding hydrogens is 396 g/mol. The number of nitrogens with zero attached hydrogens (tertiary/aromatic N) is 1. The molecule has 4 rings (SSSR count). The van der Waals surface area contributed by atoms with Gasteiger partial charge in [0.1, 0.15) is 5.82 Å². The third kappa shape index (κ3) is 2.40. The molecule has 3 aliphatic rings. The number of benzene rings is 1. The monoisotopic (exact) mass is 411 g/mol. The molecule has 1 atom stereocenters. The summed E-state index contributed by atoms with van der Waals surface area (Å²) in [6, 6.07) is 5.55. The van der Waals surface area contributed by atoms with Gasteiger partial charge in [-0.2, -0.15) is 0 Å². The van der Waals surface area contributed by atoms with Crippen molar-refractivity contribution in [3.63, 3.8) is 0 Å². The molecule has 108 valence electrons. The Morgan fingerprint density at radius 3 is 3.05 bits per heavy atom. The van der Waals surface area contributed by atoms with E-state index in [1.54, 1.807) is 6.07 Å². The third-order valence-electron chi connectivity index (χ3n) is 4.32. The van der Waals surface area contributed by atoms with Crippen LogP contribution in [-0.2, 0) is 0 Å². The Balaban J connectivity index is 1.86. The zero-order valence-electron chi connectivity index (χ0n) is 11.5. The molecular formula is C17H15FINS. The molecule has 1 aliphatic carbocycles. The highest BCUT2D eigenvalue weighted by Gasteiger charge is 2.34. The van der Waals surface area contributed by atoms with E-state index in [0.717, 1.165) is 25.0 Å². The van der Waals surface area contributed by atoms with Crippen molar-refractivity contribution in [3.8, 4) is 0 Å². The summed E-state index contributed by atoms with van der Waals surface area (Å²) >= 11 is 4.02. The predicted octanol–water partition coefficient (Wildman–Crippen LogP) is 5.43. The molecule has 2 heterocycles. The molecule has 0 saturated heterocycles. The number of halogens is 2. The number of aliphatic imine (C=N–C) groups is 1. The fraction of sp³-hybridized carbons (Fsp3) is 0.353. The molecule has 0 aromatic heterocycles. The van der Waals surface area contributed by atoms with E-state index >= 15 is 0 Å². The molecule has 1 aromatic carbocycles. The van der Waals surface area contributed by atoms with Crippen molar-refractivity contribution in [2.24, 2.45) is 4.99 Å². The Bertz CT molecular complexity index is 705. The maximum Gasteiger partial charge on any atom is 0.136 e. The van der Waals surface area contributed by atoms with Gasteiger partial charge in [-0.1, -0.05) is 12.1 Å². The molecule has 0 spiro atoms. The first-order valence-electron chi connectivity index (χ1n) is 7.33. The van der Waals surface area contributed by atoms with Crippen LogP contribution in [0.4, 0.5) is 4.39 Å². The second-order valence-electron chi connectivity index (χ2n) is 5.63. The molecule has 1 unspecified atom stereocenters. The highest BCUT2D eigenvalue weighted by atomic mass is 127. The van der Waals surface area contributed by atoms with Crippen molar-refractivity contribution < 1.29 is 4.39 Å². The molecule has 0 radical (unpaired) electrons. The first-order valence-corrected chi connectivity index (χ1v) is 9.39. The van der Waals surface area contributed by atoms with E-state index in [1.807, 2.05) is 23.9 Å². The Kier molecular flexibility index (Phi) is 3.69. The minimum atomic E-state index is -0.130. The van der Waals surface area contributed by atoms with Gasteiger partial charge < -0.3 is 0 Å². The van der Waals surface area contributed by atoms with Crippen LogP contribution in [0.1, 0.15) is 37.2 Å². The smallest absolute Gasteiger partial charge is 0.136 e. The maximum atomic E-state index is 13.6. The quantitative estimate of drug-likeness (QED) is 0.562. The van der Waals surface area contributed by atoms with Crippen molar-refractivity contribution in [2.75, 3.05) is 5.75 Å². The van der Waals surface area contributed by atoms with Crippen LogP contribution in [0.5, 0.6) is 0 Å². The van der Waals surface area contributed by atoms with Gasteiger partial charge in [-0.25, -0.2) is 4.39 Å². The zero-order valence-corrected chi connectivity index (χ0v) is 14.5. The standard InChI is InChI=1S/C17H15FINS/c18-12-6-5-10(9-13(12)19)16-11-3-1-2-4-14(11)20-15-7-8-21-17(15)16/h3,5-6,9,16H,1-2,4,7-8H2. The maximum absolute atomic E-state index is 13.6. The SMILES string of the molecule is Fc1ccc(C2C3=CCCCC3=NC3=C2SCC3)cc1I. The molecule has 1 nitrogen and oxygen atoms in total. The molecule has 0 N–H and O–H groups in total. The van der Waals surface area contributed by atoms with Crippen LogP contribution >= 0.6 is 34.4 Å².